The Morgan fingerprint density at radius 3 is 2.57 bits per heavy atom. The lowest BCUT2D eigenvalue weighted by Crippen LogP contribution is -2.37. The van der Waals surface area contributed by atoms with Gasteiger partial charge in [0.1, 0.15) is 0 Å². The molecule has 0 aliphatic carbocycles. The van der Waals surface area contributed by atoms with Gasteiger partial charge >= 0.3 is 0 Å². The summed E-state index contributed by atoms with van der Waals surface area (Å²) in [6, 6.07) is 15.2. The quantitative estimate of drug-likeness (QED) is 0.660. The first-order valence-corrected chi connectivity index (χ1v) is 10.4. The van der Waals surface area contributed by atoms with Gasteiger partial charge in [0.25, 0.3) is 11.1 Å². The van der Waals surface area contributed by atoms with Crippen LogP contribution in [0.15, 0.2) is 57.9 Å². The maximum Gasteiger partial charge on any atom is 0.293 e. The highest BCUT2D eigenvalue weighted by Crippen LogP contribution is 2.31. The fourth-order valence-electron chi connectivity index (χ4n) is 2.69. The van der Waals surface area contributed by atoms with E-state index in [4.69, 9.17) is 0 Å². The van der Waals surface area contributed by atoms with Crippen LogP contribution in [0.25, 0.3) is 6.08 Å². The molecule has 1 N–H and O–H groups in total. The highest BCUT2D eigenvalue weighted by Gasteiger charge is 2.34. The van der Waals surface area contributed by atoms with Crippen LogP contribution >= 0.6 is 27.7 Å². The van der Waals surface area contributed by atoms with E-state index in [0.29, 0.717) is 4.91 Å². The molecule has 0 spiro atoms. The minimum Gasteiger partial charge on any atom is -0.354 e. The van der Waals surface area contributed by atoms with Crippen molar-refractivity contribution in [2.24, 2.45) is 0 Å². The second-order valence-corrected chi connectivity index (χ2v) is 8.21. The fraction of sp³-hybridized carbons (Fsp3) is 0.190. The molecule has 1 aliphatic rings. The summed E-state index contributed by atoms with van der Waals surface area (Å²) < 4.78 is 0.873. The van der Waals surface area contributed by atoms with E-state index in [1.807, 2.05) is 55.5 Å². The third-order valence-electron chi connectivity index (χ3n) is 4.22. The Hall–Kier alpha value is -2.38. The van der Waals surface area contributed by atoms with Gasteiger partial charge in [0.05, 0.1) is 11.3 Å². The fourth-order valence-corrected chi connectivity index (χ4v) is 3.98. The number of imide groups is 1. The van der Waals surface area contributed by atoms with Gasteiger partial charge in [-0.1, -0.05) is 64.0 Å². The molecule has 1 fully saturated rings. The van der Waals surface area contributed by atoms with Crippen LogP contribution in [0.1, 0.15) is 16.7 Å². The number of hydrogen-bond donors (Lipinski definition) is 1. The Morgan fingerprint density at radius 1 is 1.14 bits per heavy atom. The number of benzene rings is 2. The Labute approximate surface area is 176 Å². The molecule has 2 aromatic carbocycles. The van der Waals surface area contributed by atoms with E-state index in [1.165, 1.54) is 4.90 Å². The van der Waals surface area contributed by atoms with Crippen LogP contribution in [-0.4, -0.2) is 35.0 Å². The summed E-state index contributed by atoms with van der Waals surface area (Å²) in [5, 5.41) is 2.45. The first-order chi connectivity index (χ1) is 13.4. The molecule has 1 heterocycles. The summed E-state index contributed by atoms with van der Waals surface area (Å²) in [6.07, 6.45) is 1.95. The third kappa shape index (κ3) is 5.11. The molecule has 1 saturated heterocycles. The topological polar surface area (TPSA) is 66.5 Å². The number of nitrogens with one attached hydrogen (secondary N) is 1. The SMILES string of the molecule is Cc1ccc(C=C2SC(=O)N(CCNC(=O)Cc3ccccc3Br)C2=O)cc1. The van der Waals surface area contributed by atoms with Crippen LogP contribution in [0.4, 0.5) is 4.79 Å². The number of rotatable bonds is 6. The van der Waals surface area contributed by atoms with Gasteiger partial charge in [-0.3, -0.25) is 19.3 Å². The monoisotopic (exact) mass is 458 g/mol. The van der Waals surface area contributed by atoms with E-state index in [1.54, 1.807) is 6.08 Å². The molecule has 3 rings (SSSR count). The lowest BCUT2D eigenvalue weighted by atomic mass is 10.1. The van der Waals surface area contributed by atoms with Gasteiger partial charge in [-0.05, 0) is 42.0 Å². The van der Waals surface area contributed by atoms with Gasteiger partial charge in [0.15, 0.2) is 0 Å². The Balaban J connectivity index is 1.54. The minimum absolute atomic E-state index is 0.150. The maximum atomic E-state index is 12.5. The Bertz CT molecular complexity index is 941. The van der Waals surface area contributed by atoms with Crippen molar-refractivity contribution >= 4 is 50.8 Å². The highest BCUT2D eigenvalue weighted by atomic mass is 79.9. The summed E-state index contributed by atoms with van der Waals surface area (Å²) in [4.78, 5) is 38.3. The van der Waals surface area contributed by atoms with E-state index >= 15 is 0 Å². The molecule has 0 atom stereocenters. The number of nitrogens with zero attached hydrogens (tertiary/aromatic N) is 1. The number of aryl methyl sites for hydroxylation is 1. The zero-order valence-electron chi connectivity index (χ0n) is 15.3. The van der Waals surface area contributed by atoms with Crippen molar-refractivity contribution in [2.45, 2.75) is 13.3 Å². The second-order valence-electron chi connectivity index (χ2n) is 6.36. The third-order valence-corrected chi connectivity index (χ3v) is 5.90. The van der Waals surface area contributed by atoms with Gasteiger partial charge < -0.3 is 5.32 Å². The van der Waals surface area contributed by atoms with E-state index < -0.39 is 0 Å². The van der Waals surface area contributed by atoms with Crippen molar-refractivity contribution in [1.29, 1.82) is 0 Å². The van der Waals surface area contributed by atoms with Gasteiger partial charge in [0, 0.05) is 17.6 Å². The first-order valence-electron chi connectivity index (χ1n) is 8.76. The number of amides is 3. The lowest BCUT2D eigenvalue weighted by Gasteiger charge is -2.13. The van der Waals surface area contributed by atoms with Crippen LogP contribution in [0.3, 0.4) is 0 Å². The van der Waals surface area contributed by atoms with E-state index in [-0.39, 0.29) is 36.6 Å². The molecule has 0 unspecified atom stereocenters. The molecule has 28 heavy (non-hydrogen) atoms. The van der Waals surface area contributed by atoms with Gasteiger partial charge in [-0.2, -0.15) is 0 Å². The summed E-state index contributed by atoms with van der Waals surface area (Å²) in [5.41, 5.74) is 2.88. The largest absolute Gasteiger partial charge is 0.354 e. The number of halogens is 1. The van der Waals surface area contributed by atoms with E-state index in [9.17, 15) is 14.4 Å². The zero-order chi connectivity index (χ0) is 20.1. The highest BCUT2D eigenvalue weighted by molar-refractivity contribution is 9.10. The standard InChI is InChI=1S/C21H19BrN2O3S/c1-14-6-8-15(9-7-14)12-18-20(26)24(21(27)28-18)11-10-23-19(25)13-16-4-2-3-5-17(16)22/h2-9,12H,10-11,13H2,1H3,(H,23,25). The number of hydrogen-bond acceptors (Lipinski definition) is 4. The molecule has 0 bridgehead atoms. The molecule has 0 radical (unpaired) electrons. The van der Waals surface area contributed by atoms with Gasteiger partial charge in [0.2, 0.25) is 5.91 Å². The molecular weight excluding hydrogens is 440 g/mol. The molecule has 5 nitrogen and oxygen atoms in total. The van der Waals surface area contributed by atoms with Crippen LogP contribution in [0.5, 0.6) is 0 Å². The van der Waals surface area contributed by atoms with E-state index in [2.05, 4.69) is 21.2 Å². The molecule has 0 saturated carbocycles. The predicted octanol–water partition coefficient (Wildman–Crippen LogP) is 4.15. The predicted molar refractivity (Wildman–Crippen MR) is 115 cm³/mol. The second kappa shape index (κ2) is 9.21. The summed E-state index contributed by atoms with van der Waals surface area (Å²) in [7, 11) is 0. The van der Waals surface area contributed by atoms with Gasteiger partial charge in [-0.25, -0.2) is 0 Å². The summed E-state index contributed by atoms with van der Waals surface area (Å²) in [6.45, 7) is 2.36. The van der Waals surface area contributed by atoms with Crippen molar-refractivity contribution in [3.63, 3.8) is 0 Å². The van der Waals surface area contributed by atoms with Crippen molar-refractivity contribution in [2.75, 3.05) is 13.1 Å². The van der Waals surface area contributed by atoms with Crippen LogP contribution < -0.4 is 5.32 Å². The van der Waals surface area contributed by atoms with Crippen LogP contribution in [-0.2, 0) is 16.0 Å². The Morgan fingerprint density at radius 2 is 1.86 bits per heavy atom. The van der Waals surface area contributed by atoms with Crippen molar-refractivity contribution in [1.82, 2.24) is 10.2 Å². The van der Waals surface area contributed by atoms with Crippen LogP contribution in [0, 0.1) is 6.92 Å². The molecule has 7 heteroatoms. The molecule has 1 aliphatic heterocycles. The number of carbonyl (C=O) groups excluding carboxylic acids is 3. The molecular formula is C21H19BrN2O3S. The first kappa shape index (κ1) is 20.4. The van der Waals surface area contributed by atoms with Crippen molar-refractivity contribution < 1.29 is 14.4 Å². The molecule has 3 amide bonds. The van der Waals surface area contributed by atoms with Crippen molar-refractivity contribution in [3.8, 4) is 0 Å². The number of carbonyl (C=O) groups is 3. The number of thioether (sulfide) groups is 1. The summed E-state index contributed by atoms with van der Waals surface area (Å²) >= 11 is 4.34. The molecule has 0 aromatic heterocycles. The lowest BCUT2D eigenvalue weighted by molar-refractivity contribution is -0.124. The average molecular weight is 459 g/mol. The van der Waals surface area contributed by atoms with E-state index in [0.717, 1.165) is 32.9 Å². The van der Waals surface area contributed by atoms with Crippen LogP contribution in [0.2, 0.25) is 0 Å². The van der Waals surface area contributed by atoms with Gasteiger partial charge in [-0.15, -0.1) is 0 Å². The molecule has 2 aromatic rings. The minimum atomic E-state index is -0.323. The zero-order valence-corrected chi connectivity index (χ0v) is 17.7. The maximum absolute atomic E-state index is 12.5. The normalized spacial score (nSPS) is 15.4. The smallest absolute Gasteiger partial charge is 0.293 e. The summed E-state index contributed by atoms with van der Waals surface area (Å²) in [5.74, 6) is -0.482. The molecule has 144 valence electrons. The Kier molecular flexibility index (Phi) is 6.70. The van der Waals surface area contributed by atoms with Crippen molar-refractivity contribution in [3.05, 3.63) is 74.6 Å². The average Bonchev–Trinajstić information content (AvgIpc) is 2.93.